The standard InChI is InChI=1S/C14H12ClF6NO3S/c1-12(7-15)5-11(22-25-12)26(23,24)6-8-2-3-9(13(16,17)18)4-10(8)14(19,20)21/h2-4H,5-7H2,1H3. The number of alkyl halides is 7. The van der Waals surface area contributed by atoms with E-state index in [2.05, 4.69) is 5.16 Å². The second kappa shape index (κ2) is 6.59. The minimum absolute atomic E-state index is 0.108. The summed E-state index contributed by atoms with van der Waals surface area (Å²) in [5.74, 6) is -1.27. The minimum Gasteiger partial charge on any atom is -0.387 e. The fraction of sp³-hybridized carbons (Fsp3) is 0.500. The van der Waals surface area contributed by atoms with Crippen LogP contribution >= 0.6 is 11.6 Å². The quantitative estimate of drug-likeness (QED) is 0.536. The van der Waals surface area contributed by atoms with Crippen molar-refractivity contribution in [3.63, 3.8) is 0 Å². The Balaban J connectivity index is 2.40. The maximum Gasteiger partial charge on any atom is 0.416 e. The molecular formula is C14H12ClF6NO3S. The van der Waals surface area contributed by atoms with Crippen LogP contribution in [0.15, 0.2) is 23.4 Å². The van der Waals surface area contributed by atoms with Gasteiger partial charge in [-0.2, -0.15) is 26.3 Å². The number of hydrogen-bond donors (Lipinski definition) is 0. The van der Waals surface area contributed by atoms with Gasteiger partial charge in [0.05, 0.1) is 22.8 Å². The van der Waals surface area contributed by atoms with Gasteiger partial charge in [0.2, 0.25) is 0 Å². The highest BCUT2D eigenvalue weighted by Crippen LogP contribution is 2.38. The van der Waals surface area contributed by atoms with Crippen molar-refractivity contribution in [3.05, 3.63) is 34.9 Å². The molecule has 2 rings (SSSR count). The van der Waals surface area contributed by atoms with Crippen molar-refractivity contribution in [2.45, 2.75) is 37.1 Å². The first kappa shape index (κ1) is 20.8. The molecule has 0 radical (unpaired) electrons. The van der Waals surface area contributed by atoms with Gasteiger partial charge in [0.1, 0.15) is 0 Å². The number of oxime groups is 1. The molecule has 0 bridgehead atoms. The number of sulfone groups is 1. The second-order valence-corrected chi connectivity index (χ2v) is 8.22. The van der Waals surface area contributed by atoms with E-state index >= 15 is 0 Å². The molecule has 0 amide bonds. The topological polar surface area (TPSA) is 55.7 Å². The summed E-state index contributed by atoms with van der Waals surface area (Å²) in [6.07, 6.45) is -10.4. The first-order chi connectivity index (χ1) is 11.7. The van der Waals surface area contributed by atoms with E-state index in [1.807, 2.05) is 0 Å². The van der Waals surface area contributed by atoms with E-state index in [0.717, 1.165) is 0 Å². The van der Waals surface area contributed by atoms with E-state index in [0.29, 0.717) is 12.1 Å². The molecule has 0 aliphatic carbocycles. The Morgan fingerprint density at radius 2 is 1.81 bits per heavy atom. The van der Waals surface area contributed by atoms with E-state index in [4.69, 9.17) is 16.4 Å². The lowest BCUT2D eigenvalue weighted by atomic mass is 10.0. The van der Waals surface area contributed by atoms with Gasteiger partial charge >= 0.3 is 12.4 Å². The third-order valence-corrected chi connectivity index (χ3v) is 5.82. The molecular weight excluding hydrogens is 412 g/mol. The normalized spacial score (nSPS) is 21.5. The highest BCUT2D eigenvalue weighted by atomic mass is 35.5. The van der Waals surface area contributed by atoms with Crippen LogP contribution in [0.2, 0.25) is 0 Å². The number of nitrogens with zero attached hydrogens (tertiary/aromatic N) is 1. The van der Waals surface area contributed by atoms with Gasteiger partial charge in [-0.25, -0.2) is 8.42 Å². The predicted molar refractivity (Wildman–Crippen MR) is 81.3 cm³/mol. The van der Waals surface area contributed by atoms with Gasteiger partial charge < -0.3 is 4.84 Å². The Labute approximate surface area is 149 Å². The van der Waals surface area contributed by atoms with Gasteiger partial charge in [-0.15, -0.1) is 11.6 Å². The average Bonchev–Trinajstić information content (AvgIpc) is 2.89. The minimum atomic E-state index is -5.16. The first-order valence-corrected chi connectivity index (χ1v) is 9.18. The molecule has 0 saturated heterocycles. The van der Waals surface area contributed by atoms with Crippen LogP contribution in [0.25, 0.3) is 0 Å². The van der Waals surface area contributed by atoms with Crippen molar-refractivity contribution in [2.24, 2.45) is 5.16 Å². The molecule has 1 heterocycles. The molecule has 0 aromatic heterocycles. The van der Waals surface area contributed by atoms with Gasteiger partial charge in [0.25, 0.3) is 0 Å². The van der Waals surface area contributed by atoms with Gasteiger partial charge in [0.15, 0.2) is 20.5 Å². The molecule has 12 heteroatoms. The molecule has 0 N–H and O–H groups in total. The highest BCUT2D eigenvalue weighted by Gasteiger charge is 2.42. The Morgan fingerprint density at radius 1 is 1.19 bits per heavy atom. The summed E-state index contributed by atoms with van der Waals surface area (Å²) in [5, 5.41) is 2.85. The molecule has 1 aromatic rings. The summed E-state index contributed by atoms with van der Waals surface area (Å²) < 4.78 is 102. The third kappa shape index (κ3) is 4.43. The average molecular weight is 424 g/mol. The number of hydrogen-bond acceptors (Lipinski definition) is 4. The molecule has 0 fully saturated rings. The van der Waals surface area contributed by atoms with E-state index in [-0.39, 0.29) is 18.4 Å². The molecule has 4 nitrogen and oxygen atoms in total. The summed E-state index contributed by atoms with van der Waals surface area (Å²) in [7, 11) is -4.34. The summed E-state index contributed by atoms with van der Waals surface area (Å²) in [6, 6.07) is 0.789. The van der Waals surface area contributed by atoms with Crippen LogP contribution in [-0.2, 0) is 32.8 Å². The smallest absolute Gasteiger partial charge is 0.387 e. The molecule has 0 saturated carbocycles. The van der Waals surface area contributed by atoms with Crippen LogP contribution in [0.3, 0.4) is 0 Å². The van der Waals surface area contributed by atoms with E-state index in [1.54, 1.807) is 0 Å². The summed E-state index contributed by atoms with van der Waals surface area (Å²) in [6.45, 7) is 1.46. The molecule has 26 heavy (non-hydrogen) atoms. The Bertz CT molecular complexity index is 834. The van der Waals surface area contributed by atoms with Crippen molar-refractivity contribution < 1.29 is 39.6 Å². The zero-order valence-corrected chi connectivity index (χ0v) is 14.7. The zero-order valence-electron chi connectivity index (χ0n) is 13.1. The largest absolute Gasteiger partial charge is 0.416 e. The van der Waals surface area contributed by atoms with E-state index in [1.165, 1.54) is 6.92 Å². The van der Waals surface area contributed by atoms with Gasteiger partial charge in [-0.1, -0.05) is 11.2 Å². The molecule has 1 atom stereocenters. The maximum absolute atomic E-state index is 13.1. The fourth-order valence-electron chi connectivity index (χ4n) is 2.21. The lowest BCUT2D eigenvalue weighted by Crippen LogP contribution is -2.29. The Morgan fingerprint density at radius 3 is 2.27 bits per heavy atom. The number of rotatable bonds is 3. The number of halogens is 7. The Kier molecular flexibility index (Phi) is 5.28. The fourth-order valence-corrected chi connectivity index (χ4v) is 3.86. The lowest BCUT2D eigenvalue weighted by Gasteiger charge is -2.17. The molecule has 146 valence electrons. The summed E-state index contributed by atoms with van der Waals surface area (Å²) in [5.41, 5.74) is -5.12. The van der Waals surface area contributed by atoms with Gasteiger partial charge in [0, 0.05) is 6.42 Å². The SMILES string of the molecule is CC1(CCl)CC(S(=O)(=O)Cc2ccc(C(F)(F)F)cc2C(F)(F)F)=NO1. The third-order valence-electron chi connectivity index (χ3n) is 3.62. The summed E-state index contributed by atoms with van der Waals surface area (Å²) in [4.78, 5) is 4.89. The van der Waals surface area contributed by atoms with E-state index < -0.39 is 55.3 Å². The zero-order chi connectivity index (χ0) is 20.0. The van der Waals surface area contributed by atoms with Crippen LogP contribution in [0.5, 0.6) is 0 Å². The molecule has 0 spiro atoms. The van der Waals surface area contributed by atoms with Crippen molar-refractivity contribution in [3.8, 4) is 0 Å². The van der Waals surface area contributed by atoms with Crippen LogP contribution in [0, 0.1) is 0 Å². The molecule has 1 aromatic carbocycles. The number of benzene rings is 1. The van der Waals surface area contributed by atoms with Gasteiger partial charge in [-0.05, 0) is 24.6 Å². The molecule has 1 aliphatic rings. The second-order valence-electron chi connectivity index (χ2n) is 5.96. The monoisotopic (exact) mass is 423 g/mol. The van der Waals surface area contributed by atoms with Crippen LogP contribution in [-0.4, -0.2) is 24.9 Å². The highest BCUT2D eigenvalue weighted by molar-refractivity contribution is 8.05. The van der Waals surface area contributed by atoms with Crippen molar-refractivity contribution in [1.82, 2.24) is 0 Å². The maximum atomic E-state index is 13.1. The molecule has 1 unspecified atom stereocenters. The lowest BCUT2D eigenvalue weighted by molar-refractivity contribution is -0.143. The first-order valence-electron chi connectivity index (χ1n) is 6.99. The van der Waals surface area contributed by atoms with Crippen molar-refractivity contribution >= 4 is 26.5 Å². The molecule has 1 aliphatic heterocycles. The van der Waals surface area contributed by atoms with Crippen molar-refractivity contribution in [1.29, 1.82) is 0 Å². The van der Waals surface area contributed by atoms with Crippen molar-refractivity contribution in [2.75, 3.05) is 5.88 Å². The predicted octanol–water partition coefficient (Wildman–Crippen LogP) is 4.37. The van der Waals surface area contributed by atoms with E-state index in [9.17, 15) is 34.8 Å². The van der Waals surface area contributed by atoms with Crippen LogP contribution in [0.1, 0.15) is 30.0 Å². The Hall–Kier alpha value is -1.49. The van der Waals surface area contributed by atoms with Gasteiger partial charge in [-0.3, -0.25) is 0 Å². The van der Waals surface area contributed by atoms with Crippen LogP contribution in [0.4, 0.5) is 26.3 Å². The summed E-state index contributed by atoms with van der Waals surface area (Å²) >= 11 is 5.62. The van der Waals surface area contributed by atoms with Crippen LogP contribution < -0.4 is 0 Å².